The van der Waals surface area contributed by atoms with Gasteiger partial charge in [0.2, 0.25) is 12.4 Å². The molecule has 3 aromatic heterocycles. The van der Waals surface area contributed by atoms with Crippen LogP contribution in [-0.4, -0.2) is 32.0 Å². The zero-order valence-electron chi connectivity index (χ0n) is 14.3. The summed E-state index contributed by atoms with van der Waals surface area (Å²) < 4.78 is 26.2. The second-order valence-corrected chi connectivity index (χ2v) is 5.87. The molecule has 0 bridgehead atoms. The zero-order chi connectivity index (χ0) is 18.8. The number of nitrogens with two attached hydrogens (primary N) is 2. The fourth-order valence-corrected chi connectivity index (χ4v) is 2.55. The van der Waals surface area contributed by atoms with Crippen LogP contribution in [0.2, 0.25) is 0 Å². The Kier molecular flexibility index (Phi) is 4.74. The van der Waals surface area contributed by atoms with Gasteiger partial charge in [-0.25, -0.2) is 13.3 Å². The molecule has 8 nitrogen and oxygen atoms in total. The van der Waals surface area contributed by atoms with Gasteiger partial charge in [-0.05, 0) is 32.0 Å². The molecule has 1 atom stereocenters. The Morgan fingerprint density at radius 1 is 1.19 bits per heavy atom. The van der Waals surface area contributed by atoms with Crippen molar-refractivity contribution in [3.63, 3.8) is 0 Å². The predicted octanol–water partition coefficient (Wildman–Crippen LogP) is 3.39. The highest BCUT2D eigenvalue weighted by atomic mass is 19.3. The Balaban J connectivity index is 1.92. The van der Waals surface area contributed by atoms with Gasteiger partial charge >= 0.3 is 0 Å². The molecule has 0 fully saturated rings. The Labute approximate surface area is 148 Å². The smallest absolute Gasteiger partial charge is 0.240 e. The molecule has 4 N–H and O–H groups in total. The van der Waals surface area contributed by atoms with E-state index < -0.39 is 12.5 Å². The summed E-state index contributed by atoms with van der Waals surface area (Å²) in [5.41, 5.74) is 14.7. The van der Waals surface area contributed by atoms with E-state index in [1.807, 2.05) is 6.07 Å². The van der Waals surface area contributed by atoms with Crippen molar-refractivity contribution in [2.75, 3.05) is 11.5 Å². The zero-order valence-corrected chi connectivity index (χ0v) is 14.3. The Morgan fingerprint density at radius 3 is 2.65 bits per heavy atom. The number of nitrogen functional groups attached to an aromatic ring is 2. The van der Waals surface area contributed by atoms with Crippen molar-refractivity contribution >= 4 is 23.0 Å². The van der Waals surface area contributed by atoms with Crippen molar-refractivity contribution in [2.24, 2.45) is 10.2 Å². The fourth-order valence-electron chi connectivity index (χ4n) is 2.55. The molecule has 0 aliphatic carbocycles. The Morgan fingerprint density at radius 2 is 1.96 bits per heavy atom. The lowest BCUT2D eigenvalue weighted by Gasteiger charge is -2.06. The highest BCUT2D eigenvalue weighted by molar-refractivity contribution is 5.86. The maximum absolute atomic E-state index is 12.3. The molecule has 0 radical (unpaired) electrons. The van der Waals surface area contributed by atoms with Gasteiger partial charge < -0.3 is 11.5 Å². The highest BCUT2D eigenvalue weighted by Gasteiger charge is 2.14. The number of rotatable bonds is 5. The van der Waals surface area contributed by atoms with Crippen molar-refractivity contribution in [1.82, 2.24) is 19.6 Å². The van der Waals surface area contributed by atoms with Crippen molar-refractivity contribution in [3.05, 3.63) is 30.1 Å². The Bertz CT molecular complexity index is 966. The number of aromatic nitrogens is 4. The number of hydrogen-bond acceptors (Lipinski definition) is 7. The van der Waals surface area contributed by atoms with Crippen LogP contribution in [0.3, 0.4) is 0 Å². The van der Waals surface area contributed by atoms with Crippen molar-refractivity contribution in [1.29, 1.82) is 0 Å². The Hall–Kier alpha value is -3.17. The first-order valence-corrected chi connectivity index (χ1v) is 7.92. The first-order chi connectivity index (χ1) is 12.3. The maximum Gasteiger partial charge on any atom is 0.240 e. The third-order valence-electron chi connectivity index (χ3n) is 3.77. The van der Waals surface area contributed by atoms with Gasteiger partial charge in [-0.2, -0.15) is 15.2 Å². The summed E-state index contributed by atoms with van der Waals surface area (Å²) in [5, 5.41) is 12.0. The molecular weight excluding hydrogens is 342 g/mol. The first kappa shape index (κ1) is 17.6. The minimum atomic E-state index is -2.41. The maximum atomic E-state index is 12.3. The fraction of sp³-hybridized carbons (Fsp3) is 0.312. The summed E-state index contributed by atoms with van der Waals surface area (Å²) in [5.74, 6) is 0.330. The molecular formula is C16H18F2N8. The molecule has 0 saturated carbocycles. The number of azo groups is 1. The molecule has 26 heavy (non-hydrogen) atoms. The van der Waals surface area contributed by atoms with Crippen LogP contribution in [-0.2, 0) is 0 Å². The highest BCUT2D eigenvalue weighted by Crippen LogP contribution is 2.29. The average molecular weight is 360 g/mol. The van der Waals surface area contributed by atoms with Crippen LogP contribution in [0, 0.1) is 6.92 Å². The van der Waals surface area contributed by atoms with Crippen LogP contribution in [0.25, 0.3) is 16.8 Å². The van der Waals surface area contributed by atoms with Crippen LogP contribution in [0.4, 0.5) is 26.2 Å². The molecule has 0 aliphatic heterocycles. The van der Waals surface area contributed by atoms with E-state index in [4.69, 9.17) is 11.5 Å². The summed E-state index contributed by atoms with van der Waals surface area (Å²) in [4.78, 5) is 8.48. The van der Waals surface area contributed by atoms with Gasteiger partial charge in [-0.15, -0.1) is 5.10 Å². The van der Waals surface area contributed by atoms with Crippen molar-refractivity contribution in [3.8, 4) is 11.3 Å². The summed E-state index contributed by atoms with van der Waals surface area (Å²) in [6, 6.07) is 4.73. The van der Waals surface area contributed by atoms with Gasteiger partial charge in [0.25, 0.3) is 0 Å². The van der Waals surface area contributed by atoms with Gasteiger partial charge in [0.15, 0.2) is 5.82 Å². The molecule has 0 amide bonds. The van der Waals surface area contributed by atoms with Crippen LogP contribution in [0.15, 0.2) is 34.6 Å². The topological polar surface area (TPSA) is 120 Å². The van der Waals surface area contributed by atoms with Crippen molar-refractivity contribution in [2.45, 2.75) is 32.7 Å². The average Bonchev–Trinajstić information content (AvgIpc) is 2.97. The number of aryl methyl sites for hydroxylation is 1. The van der Waals surface area contributed by atoms with Gasteiger partial charge in [0.05, 0.1) is 17.4 Å². The molecule has 0 aliphatic rings. The number of nitrogens with zero attached hydrogens (tertiary/aromatic N) is 6. The molecule has 10 heteroatoms. The summed E-state index contributed by atoms with van der Waals surface area (Å²) >= 11 is 0. The van der Waals surface area contributed by atoms with Crippen LogP contribution < -0.4 is 11.5 Å². The number of halogens is 2. The third-order valence-corrected chi connectivity index (χ3v) is 3.77. The van der Waals surface area contributed by atoms with E-state index in [2.05, 4.69) is 25.3 Å². The third kappa shape index (κ3) is 3.58. The van der Waals surface area contributed by atoms with Crippen LogP contribution >= 0.6 is 0 Å². The number of fused-ring (bicyclic) bond motifs is 1. The normalized spacial score (nSPS) is 13.1. The number of anilines is 2. The van der Waals surface area contributed by atoms with E-state index in [9.17, 15) is 8.78 Å². The lowest BCUT2D eigenvalue weighted by Crippen LogP contribution is -2.05. The lowest BCUT2D eigenvalue weighted by atomic mass is 10.1. The van der Waals surface area contributed by atoms with E-state index >= 15 is 0 Å². The minimum Gasteiger partial charge on any atom is -0.382 e. The molecule has 3 heterocycles. The van der Waals surface area contributed by atoms with Crippen molar-refractivity contribution < 1.29 is 8.78 Å². The summed E-state index contributed by atoms with van der Waals surface area (Å²) in [6.07, 6.45) is -1.02. The monoisotopic (exact) mass is 360 g/mol. The van der Waals surface area contributed by atoms with E-state index in [1.54, 1.807) is 36.7 Å². The lowest BCUT2D eigenvalue weighted by molar-refractivity contribution is 0.130. The molecule has 0 saturated heterocycles. The second-order valence-electron chi connectivity index (χ2n) is 5.87. The predicted molar refractivity (Wildman–Crippen MR) is 94.4 cm³/mol. The second kappa shape index (κ2) is 6.98. The van der Waals surface area contributed by atoms with Crippen LogP contribution in [0.1, 0.15) is 19.0 Å². The van der Waals surface area contributed by atoms with Gasteiger partial charge in [0.1, 0.15) is 11.2 Å². The minimum absolute atomic E-state index is 0.0787. The number of pyridine rings is 1. The quantitative estimate of drug-likeness (QED) is 0.676. The molecule has 0 spiro atoms. The standard InChI is InChI=1S/C16H18F2N8/c1-8(7-13(17)18)23-24-11-3-4-12(21-9(11)2)10-5-6-26-14(10)15(19)22-16(20)25-26/h3-6,8,13H,7H2,1-2H3,(H4,19,20,22,25). The van der Waals surface area contributed by atoms with E-state index in [0.717, 1.165) is 5.56 Å². The van der Waals surface area contributed by atoms with E-state index in [1.165, 1.54) is 0 Å². The van der Waals surface area contributed by atoms with Gasteiger partial charge in [-0.1, -0.05) is 0 Å². The SMILES string of the molecule is Cc1nc(-c2ccn3nc(N)nc(N)c23)ccc1N=NC(C)CC(F)F. The molecule has 0 aromatic carbocycles. The molecule has 3 aromatic rings. The van der Waals surface area contributed by atoms with E-state index in [0.29, 0.717) is 22.6 Å². The number of hydrogen-bond donors (Lipinski definition) is 2. The van der Waals surface area contributed by atoms with Gasteiger partial charge in [0, 0.05) is 18.2 Å². The van der Waals surface area contributed by atoms with Gasteiger partial charge in [-0.3, -0.25) is 4.98 Å². The first-order valence-electron chi connectivity index (χ1n) is 7.92. The molecule has 136 valence electrons. The molecule has 3 rings (SSSR count). The largest absolute Gasteiger partial charge is 0.382 e. The summed E-state index contributed by atoms with van der Waals surface area (Å²) in [6.45, 7) is 3.36. The molecule has 1 unspecified atom stereocenters. The van der Waals surface area contributed by atoms with E-state index in [-0.39, 0.29) is 18.2 Å². The number of alkyl halides is 2. The van der Waals surface area contributed by atoms with Crippen LogP contribution in [0.5, 0.6) is 0 Å². The summed E-state index contributed by atoms with van der Waals surface area (Å²) in [7, 11) is 0.